The first-order valence-electron chi connectivity index (χ1n) is 9.19. The van der Waals surface area contributed by atoms with Crippen LogP contribution in [-0.2, 0) is 10.0 Å². The van der Waals surface area contributed by atoms with Crippen molar-refractivity contribution in [2.24, 2.45) is 0 Å². The van der Waals surface area contributed by atoms with E-state index in [9.17, 15) is 23.3 Å². The second kappa shape index (κ2) is 9.48. The second-order valence-corrected chi connectivity index (χ2v) is 7.99. The van der Waals surface area contributed by atoms with E-state index in [-0.39, 0.29) is 21.8 Å². The van der Waals surface area contributed by atoms with Crippen LogP contribution in [0.5, 0.6) is 0 Å². The van der Waals surface area contributed by atoms with Crippen molar-refractivity contribution in [3.05, 3.63) is 58.1 Å². The Hall–Kier alpha value is -2.98. The third kappa shape index (κ3) is 4.90. The SMILES string of the molecule is CCNc1ccc(S(=O)(=O)N(CC)CC)cc1NC(=O)c1ccccc1[N+](=O)[O-]. The molecule has 0 atom stereocenters. The number of nitrogens with zero attached hydrogens (tertiary/aromatic N) is 2. The standard InChI is InChI=1S/C19H24N4O5S/c1-4-20-16-12-11-14(29(27,28)22(5-2)6-3)13-17(16)21-19(24)15-9-7-8-10-18(15)23(25)26/h7-13,20H,4-6H2,1-3H3,(H,21,24). The van der Waals surface area contributed by atoms with Crippen LogP contribution in [-0.4, -0.2) is 43.2 Å². The van der Waals surface area contributed by atoms with Crippen LogP contribution in [0.1, 0.15) is 31.1 Å². The maximum absolute atomic E-state index is 12.8. The van der Waals surface area contributed by atoms with Gasteiger partial charge in [-0.25, -0.2) is 8.42 Å². The van der Waals surface area contributed by atoms with E-state index in [1.165, 1.54) is 40.7 Å². The minimum Gasteiger partial charge on any atom is -0.384 e. The Morgan fingerprint density at radius 3 is 2.31 bits per heavy atom. The zero-order valence-corrected chi connectivity index (χ0v) is 17.3. The average Bonchev–Trinajstić information content (AvgIpc) is 2.70. The summed E-state index contributed by atoms with van der Waals surface area (Å²) < 4.78 is 26.9. The summed E-state index contributed by atoms with van der Waals surface area (Å²) in [6.45, 7) is 6.50. The highest BCUT2D eigenvalue weighted by Crippen LogP contribution is 2.29. The molecule has 2 aromatic rings. The molecule has 0 unspecified atom stereocenters. The number of hydrogen-bond acceptors (Lipinski definition) is 6. The van der Waals surface area contributed by atoms with Gasteiger partial charge in [-0.1, -0.05) is 26.0 Å². The lowest BCUT2D eigenvalue weighted by Crippen LogP contribution is -2.30. The van der Waals surface area contributed by atoms with Crippen LogP contribution in [0.4, 0.5) is 17.1 Å². The smallest absolute Gasteiger partial charge is 0.282 e. The quantitative estimate of drug-likeness (QED) is 0.474. The number of anilines is 2. The van der Waals surface area contributed by atoms with Crippen LogP contribution < -0.4 is 10.6 Å². The summed E-state index contributed by atoms with van der Waals surface area (Å²) in [6, 6.07) is 9.96. The fourth-order valence-electron chi connectivity index (χ4n) is 2.86. The van der Waals surface area contributed by atoms with Crippen molar-refractivity contribution in [1.29, 1.82) is 0 Å². The molecule has 156 valence electrons. The van der Waals surface area contributed by atoms with Crippen LogP contribution in [0, 0.1) is 10.1 Å². The van der Waals surface area contributed by atoms with Gasteiger partial charge in [0.25, 0.3) is 11.6 Å². The molecule has 0 aliphatic rings. The Morgan fingerprint density at radius 1 is 1.07 bits per heavy atom. The summed E-state index contributed by atoms with van der Waals surface area (Å²) in [5, 5.41) is 16.9. The third-order valence-electron chi connectivity index (χ3n) is 4.30. The van der Waals surface area contributed by atoms with E-state index in [4.69, 9.17) is 0 Å². The summed E-state index contributed by atoms with van der Waals surface area (Å²) in [4.78, 5) is 23.3. The number of benzene rings is 2. The number of hydrogen-bond donors (Lipinski definition) is 2. The zero-order valence-electron chi connectivity index (χ0n) is 16.5. The number of amides is 1. The van der Waals surface area contributed by atoms with Crippen LogP contribution in [0.25, 0.3) is 0 Å². The van der Waals surface area contributed by atoms with Gasteiger partial charge in [0.15, 0.2) is 0 Å². The molecule has 0 radical (unpaired) electrons. The third-order valence-corrected chi connectivity index (χ3v) is 6.34. The lowest BCUT2D eigenvalue weighted by Gasteiger charge is -2.20. The lowest BCUT2D eigenvalue weighted by atomic mass is 10.1. The first-order valence-corrected chi connectivity index (χ1v) is 10.6. The molecule has 0 spiro atoms. The van der Waals surface area contributed by atoms with E-state index in [0.29, 0.717) is 25.3 Å². The number of nitrogens with one attached hydrogen (secondary N) is 2. The summed E-state index contributed by atoms with van der Waals surface area (Å²) in [6.07, 6.45) is 0. The number of nitro benzene ring substituents is 1. The molecule has 0 fully saturated rings. The van der Waals surface area contributed by atoms with E-state index in [0.717, 1.165) is 0 Å². The number of carbonyl (C=O) groups excluding carboxylic acids is 1. The van der Waals surface area contributed by atoms with Gasteiger partial charge in [-0.3, -0.25) is 14.9 Å². The highest BCUT2D eigenvalue weighted by Gasteiger charge is 2.24. The molecule has 0 bridgehead atoms. The molecule has 0 aliphatic heterocycles. The van der Waals surface area contributed by atoms with Gasteiger partial charge in [0, 0.05) is 25.7 Å². The molecule has 10 heteroatoms. The summed E-state index contributed by atoms with van der Waals surface area (Å²) in [5.74, 6) is -0.700. The van der Waals surface area contributed by atoms with Gasteiger partial charge in [0.2, 0.25) is 10.0 Å². The van der Waals surface area contributed by atoms with Crippen molar-refractivity contribution >= 4 is 33.0 Å². The lowest BCUT2D eigenvalue weighted by molar-refractivity contribution is -0.385. The normalized spacial score (nSPS) is 11.3. The summed E-state index contributed by atoms with van der Waals surface area (Å²) in [5.41, 5.74) is 0.292. The molecule has 0 aromatic heterocycles. The first kappa shape index (κ1) is 22.3. The van der Waals surface area contributed by atoms with Gasteiger partial charge in [0.05, 0.1) is 21.2 Å². The topological polar surface area (TPSA) is 122 Å². The van der Waals surface area contributed by atoms with Crippen LogP contribution in [0.15, 0.2) is 47.4 Å². The van der Waals surface area contributed by atoms with Gasteiger partial charge in [0.1, 0.15) is 5.56 Å². The fraction of sp³-hybridized carbons (Fsp3) is 0.316. The van der Waals surface area contributed by atoms with Gasteiger partial charge in [-0.05, 0) is 31.2 Å². The minimum atomic E-state index is -3.73. The highest BCUT2D eigenvalue weighted by molar-refractivity contribution is 7.89. The molecule has 0 saturated heterocycles. The predicted octanol–water partition coefficient (Wildman–Crippen LogP) is 3.31. The minimum absolute atomic E-state index is 0.0284. The summed E-state index contributed by atoms with van der Waals surface area (Å²) in [7, 11) is -3.73. The second-order valence-electron chi connectivity index (χ2n) is 6.06. The number of rotatable bonds is 9. The van der Waals surface area contributed by atoms with E-state index in [1.807, 2.05) is 6.92 Å². The maximum atomic E-state index is 12.8. The Morgan fingerprint density at radius 2 is 1.72 bits per heavy atom. The summed E-state index contributed by atoms with van der Waals surface area (Å²) >= 11 is 0. The van der Waals surface area contributed by atoms with Crippen LogP contribution in [0.3, 0.4) is 0 Å². The number of nitro groups is 1. The van der Waals surface area contributed by atoms with Crippen LogP contribution in [0.2, 0.25) is 0 Å². The Labute approximate surface area is 169 Å². The molecular formula is C19H24N4O5S. The van der Waals surface area contributed by atoms with E-state index in [2.05, 4.69) is 10.6 Å². The monoisotopic (exact) mass is 420 g/mol. The highest BCUT2D eigenvalue weighted by atomic mass is 32.2. The predicted molar refractivity (Wildman–Crippen MR) is 112 cm³/mol. The van der Waals surface area contributed by atoms with E-state index >= 15 is 0 Å². The van der Waals surface area contributed by atoms with Crippen molar-refractivity contribution in [3.8, 4) is 0 Å². The first-order chi connectivity index (χ1) is 13.8. The van der Waals surface area contributed by atoms with Crippen molar-refractivity contribution in [1.82, 2.24) is 4.31 Å². The zero-order chi connectivity index (χ0) is 21.6. The maximum Gasteiger partial charge on any atom is 0.282 e. The molecule has 0 aliphatic carbocycles. The van der Waals surface area contributed by atoms with Crippen molar-refractivity contribution in [2.75, 3.05) is 30.3 Å². The molecule has 1 amide bonds. The fourth-order valence-corrected chi connectivity index (χ4v) is 4.34. The molecule has 2 rings (SSSR count). The molecule has 29 heavy (non-hydrogen) atoms. The van der Waals surface area contributed by atoms with Gasteiger partial charge >= 0.3 is 0 Å². The van der Waals surface area contributed by atoms with E-state index < -0.39 is 20.9 Å². The number of carbonyl (C=O) groups is 1. The molecule has 2 N–H and O–H groups in total. The number of para-hydroxylation sites is 1. The largest absolute Gasteiger partial charge is 0.384 e. The van der Waals surface area contributed by atoms with Crippen molar-refractivity contribution < 1.29 is 18.1 Å². The molecular weight excluding hydrogens is 396 g/mol. The Kier molecular flexibility index (Phi) is 7.29. The molecule has 0 heterocycles. The molecule has 9 nitrogen and oxygen atoms in total. The van der Waals surface area contributed by atoms with Crippen molar-refractivity contribution in [2.45, 2.75) is 25.7 Å². The van der Waals surface area contributed by atoms with Gasteiger partial charge in [-0.15, -0.1) is 0 Å². The average molecular weight is 420 g/mol. The van der Waals surface area contributed by atoms with Gasteiger partial charge in [-0.2, -0.15) is 4.31 Å². The van der Waals surface area contributed by atoms with Crippen molar-refractivity contribution in [3.63, 3.8) is 0 Å². The molecule has 2 aromatic carbocycles. The Balaban J connectivity index is 2.48. The Bertz CT molecular complexity index is 1000. The molecule has 0 saturated carbocycles. The van der Waals surface area contributed by atoms with Gasteiger partial charge < -0.3 is 10.6 Å². The van der Waals surface area contributed by atoms with E-state index in [1.54, 1.807) is 19.9 Å². The number of sulfonamides is 1. The van der Waals surface area contributed by atoms with Crippen LogP contribution >= 0.6 is 0 Å².